The zero-order valence-electron chi connectivity index (χ0n) is 8.74. The summed E-state index contributed by atoms with van der Waals surface area (Å²) in [4.78, 5) is 2.68. The molecular weight excluding hydrogens is 176 g/mol. The van der Waals surface area contributed by atoms with Gasteiger partial charge in [-0.2, -0.15) is 0 Å². The Morgan fingerprint density at radius 3 is 2.57 bits per heavy atom. The highest BCUT2D eigenvalue weighted by molar-refractivity contribution is 4.93. The Balaban J connectivity index is 1.59. The summed E-state index contributed by atoms with van der Waals surface area (Å²) in [6.45, 7) is 7.08. The second kappa shape index (κ2) is 3.80. The van der Waals surface area contributed by atoms with E-state index in [1.165, 1.54) is 39.0 Å². The van der Waals surface area contributed by atoms with Gasteiger partial charge >= 0.3 is 0 Å². The molecule has 80 valence electrons. The molecule has 0 aromatic heterocycles. The van der Waals surface area contributed by atoms with Gasteiger partial charge in [-0.25, -0.2) is 0 Å². The van der Waals surface area contributed by atoms with Gasteiger partial charge in [0.2, 0.25) is 0 Å². The van der Waals surface area contributed by atoms with E-state index in [1.807, 2.05) is 0 Å². The molecule has 0 bridgehead atoms. The minimum absolute atomic E-state index is 0.731. The van der Waals surface area contributed by atoms with Crippen molar-refractivity contribution >= 4 is 0 Å². The molecule has 0 spiro atoms. The van der Waals surface area contributed by atoms with Crippen LogP contribution in [0.1, 0.15) is 12.8 Å². The first-order chi connectivity index (χ1) is 6.93. The van der Waals surface area contributed by atoms with Gasteiger partial charge in [-0.3, -0.25) is 4.90 Å². The first-order valence-corrected chi connectivity index (χ1v) is 5.96. The lowest BCUT2D eigenvalue weighted by Gasteiger charge is -2.31. The number of hydrogen-bond acceptors (Lipinski definition) is 3. The van der Waals surface area contributed by atoms with E-state index in [0.29, 0.717) is 0 Å². The van der Waals surface area contributed by atoms with Crippen molar-refractivity contribution in [3.05, 3.63) is 0 Å². The normalized spacial score (nSPS) is 44.1. The van der Waals surface area contributed by atoms with Gasteiger partial charge in [0.25, 0.3) is 0 Å². The van der Waals surface area contributed by atoms with Crippen molar-refractivity contribution in [3.8, 4) is 0 Å². The topological polar surface area (TPSA) is 24.5 Å². The van der Waals surface area contributed by atoms with Crippen LogP contribution < -0.4 is 5.32 Å². The molecule has 14 heavy (non-hydrogen) atoms. The molecule has 1 N–H and O–H groups in total. The maximum Gasteiger partial charge on any atom is 0.0621 e. The molecular formula is C11H20N2O. The molecule has 0 radical (unpaired) electrons. The van der Waals surface area contributed by atoms with Gasteiger partial charge in [0.1, 0.15) is 0 Å². The lowest BCUT2D eigenvalue weighted by Crippen LogP contribution is -2.41. The van der Waals surface area contributed by atoms with E-state index in [1.54, 1.807) is 0 Å². The zero-order chi connectivity index (χ0) is 9.38. The predicted octanol–water partition coefficient (Wildman–Crippen LogP) is 0.317. The fourth-order valence-corrected chi connectivity index (χ4v) is 3.20. The SMILES string of the molecule is C1COCC(N2C[C@H]3CNC[C@H]3C2)C1. The summed E-state index contributed by atoms with van der Waals surface area (Å²) in [5, 5.41) is 3.49. The molecule has 0 saturated carbocycles. The van der Waals surface area contributed by atoms with E-state index in [9.17, 15) is 0 Å². The van der Waals surface area contributed by atoms with Crippen molar-refractivity contribution in [1.82, 2.24) is 10.2 Å². The van der Waals surface area contributed by atoms with E-state index in [4.69, 9.17) is 4.74 Å². The number of likely N-dealkylation sites (tertiary alicyclic amines) is 1. The van der Waals surface area contributed by atoms with Crippen molar-refractivity contribution in [3.63, 3.8) is 0 Å². The largest absolute Gasteiger partial charge is 0.380 e. The summed E-state index contributed by atoms with van der Waals surface area (Å²) in [6, 6.07) is 0.731. The lowest BCUT2D eigenvalue weighted by atomic mass is 10.0. The van der Waals surface area contributed by atoms with Gasteiger partial charge in [-0.15, -0.1) is 0 Å². The van der Waals surface area contributed by atoms with Gasteiger partial charge in [0.05, 0.1) is 6.61 Å². The standard InChI is InChI=1S/C11H20N2O/c1-2-11(8-14-3-1)13-6-9-4-12-5-10(9)7-13/h9-12H,1-8H2/t9-,10+,11?. The van der Waals surface area contributed by atoms with E-state index in [2.05, 4.69) is 10.2 Å². The minimum Gasteiger partial charge on any atom is -0.380 e. The first kappa shape index (κ1) is 9.13. The third kappa shape index (κ3) is 1.58. The number of nitrogens with one attached hydrogen (secondary N) is 1. The maximum absolute atomic E-state index is 5.56. The fourth-order valence-electron chi connectivity index (χ4n) is 3.20. The maximum atomic E-state index is 5.56. The molecule has 3 aliphatic heterocycles. The zero-order valence-corrected chi connectivity index (χ0v) is 8.74. The third-order valence-electron chi connectivity index (χ3n) is 4.07. The van der Waals surface area contributed by atoms with Crippen molar-refractivity contribution in [1.29, 1.82) is 0 Å². The number of rotatable bonds is 1. The van der Waals surface area contributed by atoms with E-state index in [0.717, 1.165) is 31.1 Å². The molecule has 0 aliphatic carbocycles. The number of ether oxygens (including phenoxy) is 1. The average molecular weight is 196 g/mol. The third-order valence-corrected chi connectivity index (χ3v) is 4.07. The molecule has 3 heteroatoms. The summed E-state index contributed by atoms with van der Waals surface area (Å²) >= 11 is 0. The molecule has 3 atom stereocenters. The Morgan fingerprint density at radius 1 is 1.14 bits per heavy atom. The van der Waals surface area contributed by atoms with Crippen LogP contribution in [0.15, 0.2) is 0 Å². The monoisotopic (exact) mass is 196 g/mol. The van der Waals surface area contributed by atoms with Crippen molar-refractivity contribution < 1.29 is 4.74 Å². The van der Waals surface area contributed by atoms with Crippen LogP contribution >= 0.6 is 0 Å². The van der Waals surface area contributed by atoms with Gasteiger partial charge in [-0.1, -0.05) is 0 Å². The number of nitrogens with zero attached hydrogens (tertiary/aromatic N) is 1. The van der Waals surface area contributed by atoms with Crippen LogP contribution in [-0.4, -0.2) is 50.3 Å². The Morgan fingerprint density at radius 2 is 1.93 bits per heavy atom. The highest BCUT2D eigenvalue weighted by Gasteiger charge is 2.38. The molecule has 0 aromatic rings. The second-order valence-corrected chi connectivity index (χ2v) is 5.00. The van der Waals surface area contributed by atoms with E-state index >= 15 is 0 Å². The van der Waals surface area contributed by atoms with Gasteiger partial charge in [-0.05, 0) is 37.8 Å². The molecule has 3 heterocycles. The molecule has 3 aliphatic rings. The van der Waals surface area contributed by atoms with Crippen LogP contribution in [0.4, 0.5) is 0 Å². The summed E-state index contributed by atoms with van der Waals surface area (Å²) in [5.41, 5.74) is 0. The summed E-state index contributed by atoms with van der Waals surface area (Å²) in [5.74, 6) is 1.86. The molecule has 3 saturated heterocycles. The molecule has 3 rings (SSSR count). The van der Waals surface area contributed by atoms with Crippen LogP contribution in [-0.2, 0) is 4.74 Å². The van der Waals surface area contributed by atoms with Gasteiger partial charge in [0.15, 0.2) is 0 Å². The van der Waals surface area contributed by atoms with Gasteiger partial charge < -0.3 is 10.1 Å². The Kier molecular flexibility index (Phi) is 2.48. The molecule has 0 amide bonds. The lowest BCUT2D eigenvalue weighted by molar-refractivity contribution is 0.0242. The van der Waals surface area contributed by atoms with E-state index < -0.39 is 0 Å². The van der Waals surface area contributed by atoms with Crippen LogP contribution in [0.5, 0.6) is 0 Å². The average Bonchev–Trinajstić information content (AvgIpc) is 2.78. The molecule has 3 nitrogen and oxygen atoms in total. The molecule has 3 fully saturated rings. The Labute approximate surface area is 85.8 Å². The van der Waals surface area contributed by atoms with Crippen LogP contribution in [0.25, 0.3) is 0 Å². The minimum atomic E-state index is 0.731. The molecule has 0 aromatic carbocycles. The highest BCUT2D eigenvalue weighted by atomic mass is 16.5. The van der Waals surface area contributed by atoms with Crippen molar-refractivity contribution in [2.45, 2.75) is 18.9 Å². The smallest absolute Gasteiger partial charge is 0.0621 e. The molecule has 1 unspecified atom stereocenters. The highest BCUT2D eigenvalue weighted by Crippen LogP contribution is 2.29. The van der Waals surface area contributed by atoms with Crippen LogP contribution in [0, 0.1) is 11.8 Å². The quantitative estimate of drug-likeness (QED) is 0.653. The summed E-state index contributed by atoms with van der Waals surface area (Å²) < 4.78 is 5.56. The number of hydrogen-bond donors (Lipinski definition) is 1. The summed E-state index contributed by atoms with van der Waals surface area (Å²) in [7, 11) is 0. The second-order valence-electron chi connectivity index (χ2n) is 5.00. The van der Waals surface area contributed by atoms with Crippen molar-refractivity contribution in [2.75, 3.05) is 39.4 Å². The first-order valence-electron chi connectivity index (χ1n) is 5.96. The predicted molar refractivity (Wildman–Crippen MR) is 55.3 cm³/mol. The number of fused-ring (bicyclic) bond motifs is 1. The van der Waals surface area contributed by atoms with E-state index in [-0.39, 0.29) is 0 Å². The summed E-state index contributed by atoms with van der Waals surface area (Å²) in [6.07, 6.45) is 2.61. The van der Waals surface area contributed by atoms with Gasteiger partial charge in [0, 0.05) is 25.7 Å². The van der Waals surface area contributed by atoms with Crippen LogP contribution in [0.2, 0.25) is 0 Å². The Bertz CT molecular complexity index is 191. The Hall–Kier alpha value is -0.120. The fraction of sp³-hybridized carbons (Fsp3) is 1.00. The van der Waals surface area contributed by atoms with Crippen LogP contribution in [0.3, 0.4) is 0 Å². The van der Waals surface area contributed by atoms with Crippen molar-refractivity contribution in [2.24, 2.45) is 11.8 Å².